The lowest BCUT2D eigenvalue weighted by Gasteiger charge is -2.21. The lowest BCUT2D eigenvalue weighted by atomic mass is 10.2. The number of methoxy groups -OCH3 is 1. The first-order valence-electron chi connectivity index (χ1n) is 6.31. The van der Waals surface area contributed by atoms with Gasteiger partial charge in [-0.15, -0.1) is 0 Å². The van der Waals surface area contributed by atoms with Crippen LogP contribution in [0.2, 0.25) is 0 Å². The van der Waals surface area contributed by atoms with Crippen molar-refractivity contribution in [3.8, 4) is 0 Å². The summed E-state index contributed by atoms with van der Waals surface area (Å²) in [4.78, 5) is 22.5. The number of hydrogen-bond donors (Lipinski definition) is 1. The van der Waals surface area contributed by atoms with E-state index in [2.05, 4.69) is 4.74 Å². The fourth-order valence-electron chi connectivity index (χ4n) is 2.31. The summed E-state index contributed by atoms with van der Waals surface area (Å²) < 4.78 is 30.6. The number of carboxylic acid groups (broad SMARTS) is 1. The van der Waals surface area contributed by atoms with Crippen LogP contribution in [-0.4, -0.2) is 49.5 Å². The van der Waals surface area contributed by atoms with Crippen molar-refractivity contribution in [2.45, 2.75) is 23.8 Å². The first-order chi connectivity index (χ1) is 9.87. The van der Waals surface area contributed by atoms with E-state index in [0.717, 1.165) is 4.31 Å². The lowest BCUT2D eigenvalue weighted by molar-refractivity contribution is -0.140. The first-order valence-corrected chi connectivity index (χ1v) is 7.75. The Hall–Kier alpha value is -1.93. The van der Waals surface area contributed by atoms with Crippen molar-refractivity contribution in [1.29, 1.82) is 0 Å². The smallest absolute Gasteiger partial charge is 0.337 e. The highest BCUT2D eigenvalue weighted by Crippen LogP contribution is 2.26. The third-order valence-corrected chi connectivity index (χ3v) is 5.25. The van der Waals surface area contributed by atoms with Gasteiger partial charge in [0.05, 0.1) is 17.6 Å². The average molecular weight is 313 g/mol. The molecule has 1 aromatic rings. The summed E-state index contributed by atoms with van der Waals surface area (Å²) >= 11 is 0. The van der Waals surface area contributed by atoms with Gasteiger partial charge in [0.1, 0.15) is 6.04 Å². The molecule has 0 aliphatic carbocycles. The highest BCUT2D eigenvalue weighted by atomic mass is 32.2. The molecule has 21 heavy (non-hydrogen) atoms. The monoisotopic (exact) mass is 313 g/mol. The maximum absolute atomic E-state index is 12.5. The molecule has 0 bridgehead atoms. The fourth-order valence-corrected chi connectivity index (χ4v) is 4.01. The van der Waals surface area contributed by atoms with Crippen LogP contribution in [0.3, 0.4) is 0 Å². The molecule has 1 aliphatic heterocycles. The summed E-state index contributed by atoms with van der Waals surface area (Å²) in [7, 11) is -2.75. The molecule has 1 aliphatic rings. The van der Waals surface area contributed by atoms with Gasteiger partial charge in [0.25, 0.3) is 0 Å². The zero-order chi connectivity index (χ0) is 15.6. The van der Waals surface area contributed by atoms with E-state index in [1.165, 1.54) is 31.4 Å². The van der Waals surface area contributed by atoms with Crippen LogP contribution in [0.4, 0.5) is 0 Å². The van der Waals surface area contributed by atoms with Crippen molar-refractivity contribution in [3.63, 3.8) is 0 Å². The van der Waals surface area contributed by atoms with E-state index in [1.54, 1.807) is 0 Å². The van der Waals surface area contributed by atoms with E-state index < -0.39 is 28.0 Å². The van der Waals surface area contributed by atoms with Crippen molar-refractivity contribution in [2.75, 3.05) is 13.7 Å². The van der Waals surface area contributed by atoms with E-state index in [1.807, 2.05) is 0 Å². The van der Waals surface area contributed by atoms with Crippen LogP contribution in [0, 0.1) is 0 Å². The molecule has 1 heterocycles. The molecule has 0 spiro atoms. The fraction of sp³-hybridized carbons (Fsp3) is 0.385. The third-order valence-electron chi connectivity index (χ3n) is 3.35. The minimum absolute atomic E-state index is 0.102. The predicted octanol–water partition coefficient (Wildman–Crippen LogP) is 0.711. The number of carboxylic acids is 1. The van der Waals surface area contributed by atoms with Gasteiger partial charge < -0.3 is 9.84 Å². The largest absolute Gasteiger partial charge is 0.480 e. The maximum Gasteiger partial charge on any atom is 0.337 e. The predicted molar refractivity (Wildman–Crippen MR) is 72.3 cm³/mol. The molecular formula is C13H15NO6S. The number of esters is 1. The van der Waals surface area contributed by atoms with Crippen molar-refractivity contribution >= 4 is 22.0 Å². The number of sulfonamides is 1. The molecule has 0 aromatic heterocycles. The molecule has 1 fully saturated rings. The van der Waals surface area contributed by atoms with E-state index in [0.29, 0.717) is 6.42 Å². The van der Waals surface area contributed by atoms with Crippen molar-refractivity contribution in [2.24, 2.45) is 0 Å². The molecular weight excluding hydrogens is 298 g/mol. The van der Waals surface area contributed by atoms with Crippen molar-refractivity contribution in [1.82, 2.24) is 4.31 Å². The maximum atomic E-state index is 12.5. The second-order valence-electron chi connectivity index (χ2n) is 4.63. The Labute approximate surface area is 122 Å². The summed E-state index contributed by atoms with van der Waals surface area (Å²) in [5, 5.41) is 9.09. The number of carbonyl (C=O) groups excluding carboxylic acids is 1. The normalized spacial score (nSPS) is 19.4. The molecule has 1 N–H and O–H groups in total. The highest BCUT2D eigenvalue weighted by molar-refractivity contribution is 7.89. The zero-order valence-electron chi connectivity index (χ0n) is 11.4. The van der Waals surface area contributed by atoms with Crippen LogP contribution in [0.5, 0.6) is 0 Å². The Bertz CT molecular complexity index is 669. The van der Waals surface area contributed by atoms with Gasteiger partial charge in [-0.2, -0.15) is 4.31 Å². The van der Waals surface area contributed by atoms with Gasteiger partial charge in [-0.3, -0.25) is 4.79 Å². The molecule has 0 amide bonds. The average Bonchev–Trinajstić information content (AvgIpc) is 2.97. The minimum Gasteiger partial charge on any atom is -0.480 e. The van der Waals surface area contributed by atoms with Gasteiger partial charge in [-0.05, 0) is 31.0 Å². The molecule has 1 aromatic carbocycles. The van der Waals surface area contributed by atoms with Crippen LogP contribution in [-0.2, 0) is 19.6 Å². The van der Waals surface area contributed by atoms with E-state index in [9.17, 15) is 18.0 Å². The molecule has 0 saturated carbocycles. The van der Waals surface area contributed by atoms with Crippen LogP contribution in [0.15, 0.2) is 29.2 Å². The summed E-state index contributed by atoms with van der Waals surface area (Å²) in [5.41, 5.74) is 0.102. The summed E-state index contributed by atoms with van der Waals surface area (Å²) in [6, 6.07) is 4.32. The van der Waals surface area contributed by atoms with Gasteiger partial charge in [0.15, 0.2) is 0 Å². The summed E-state index contributed by atoms with van der Waals surface area (Å²) in [6.07, 6.45) is 0.776. The van der Waals surface area contributed by atoms with Crippen LogP contribution in [0.1, 0.15) is 23.2 Å². The van der Waals surface area contributed by atoms with Gasteiger partial charge in [0.2, 0.25) is 10.0 Å². The van der Waals surface area contributed by atoms with Gasteiger partial charge >= 0.3 is 11.9 Å². The van der Waals surface area contributed by atoms with E-state index >= 15 is 0 Å². The van der Waals surface area contributed by atoms with Gasteiger partial charge in [-0.1, -0.05) is 6.07 Å². The quantitative estimate of drug-likeness (QED) is 0.822. The number of rotatable bonds is 4. The molecule has 8 heteroatoms. The van der Waals surface area contributed by atoms with Crippen LogP contribution in [0.25, 0.3) is 0 Å². The van der Waals surface area contributed by atoms with Crippen molar-refractivity contribution in [3.05, 3.63) is 29.8 Å². The highest BCUT2D eigenvalue weighted by Gasteiger charge is 2.39. The number of aliphatic carboxylic acids is 1. The SMILES string of the molecule is COC(=O)c1cccc(S(=O)(=O)N2CCCC2C(=O)O)c1. The van der Waals surface area contributed by atoms with Crippen LogP contribution < -0.4 is 0 Å². The van der Waals surface area contributed by atoms with Crippen molar-refractivity contribution < 1.29 is 27.9 Å². The first kappa shape index (κ1) is 15.5. The van der Waals surface area contributed by atoms with Gasteiger partial charge in [-0.25, -0.2) is 13.2 Å². The molecule has 114 valence electrons. The molecule has 1 unspecified atom stereocenters. The molecule has 0 radical (unpaired) electrons. The minimum atomic E-state index is -3.95. The second kappa shape index (κ2) is 5.82. The summed E-state index contributed by atoms with van der Waals surface area (Å²) in [6.45, 7) is 0.155. The standard InChI is InChI=1S/C13H15NO6S/c1-20-13(17)9-4-2-5-10(8-9)21(18,19)14-7-3-6-11(14)12(15)16/h2,4-5,8,11H,3,6-7H2,1H3,(H,15,16). The summed E-state index contributed by atoms with van der Waals surface area (Å²) in [5.74, 6) is -1.82. The Kier molecular flexibility index (Phi) is 4.29. The number of ether oxygens (including phenoxy) is 1. The number of carbonyl (C=O) groups is 2. The molecule has 7 nitrogen and oxygen atoms in total. The number of benzene rings is 1. The Morgan fingerprint density at radius 1 is 1.38 bits per heavy atom. The number of nitrogens with zero attached hydrogens (tertiary/aromatic N) is 1. The second-order valence-corrected chi connectivity index (χ2v) is 6.52. The molecule has 2 rings (SSSR count). The van der Waals surface area contributed by atoms with E-state index in [4.69, 9.17) is 5.11 Å². The topological polar surface area (TPSA) is 101 Å². The third kappa shape index (κ3) is 2.91. The Morgan fingerprint density at radius 2 is 2.10 bits per heavy atom. The molecule has 1 atom stereocenters. The Balaban J connectivity index is 2.40. The zero-order valence-corrected chi connectivity index (χ0v) is 12.2. The Morgan fingerprint density at radius 3 is 2.71 bits per heavy atom. The lowest BCUT2D eigenvalue weighted by Crippen LogP contribution is -2.40. The number of hydrogen-bond acceptors (Lipinski definition) is 5. The van der Waals surface area contributed by atoms with E-state index in [-0.39, 0.29) is 23.4 Å². The van der Waals surface area contributed by atoms with Gasteiger partial charge in [0, 0.05) is 6.54 Å². The van der Waals surface area contributed by atoms with Crippen LogP contribution >= 0.6 is 0 Å². The molecule has 1 saturated heterocycles.